The molecule has 0 aliphatic rings. The first kappa shape index (κ1) is 14.5. The summed E-state index contributed by atoms with van der Waals surface area (Å²) in [6, 6.07) is 6.76. The van der Waals surface area contributed by atoms with Gasteiger partial charge in [0.2, 0.25) is 10.0 Å². The van der Waals surface area contributed by atoms with E-state index in [1.165, 1.54) is 18.4 Å². The van der Waals surface area contributed by atoms with Gasteiger partial charge in [-0.1, -0.05) is 6.07 Å². The molecule has 3 N–H and O–H groups in total. The molecule has 20 heavy (non-hydrogen) atoms. The predicted molar refractivity (Wildman–Crippen MR) is 73.0 cm³/mol. The first-order valence-electron chi connectivity index (χ1n) is 5.99. The van der Waals surface area contributed by atoms with Crippen molar-refractivity contribution in [3.63, 3.8) is 0 Å². The van der Waals surface area contributed by atoms with Crippen molar-refractivity contribution in [2.45, 2.75) is 24.3 Å². The molecule has 108 valence electrons. The van der Waals surface area contributed by atoms with Gasteiger partial charge in [-0.2, -0.15) is 0 Å². The molecule has 1 atom stereocenters. The van der Waals surface area contributed by atoms with Crippen LogP contribution in [-0.2, 0) is 16.4 Å². The van der Waals surface area contributed by atoms with E-state index in [0.717, 1.165) is 6.07 Å². The van der Waals surface area contributed by atoms with Crippen molar-refractivity contribution >= 4 is 15.7 Å². The molecular weight excluding hydrogens is 283 g/mol. The summed E-state index contributed by atoms with van der Waals surface area (Å²) in [6.07, 6.45) is 1.87. The quantitative estimate of drug-likeness (QED) is 0.826. The maximum absolute atomic E-state index is 13.7. The number of anilines is 1. The maximum Gasteiger partial charge on any atom is 0.245 e. The highest BCUT2D eigenvalue weighted by Crippen LogP contribution is 2.21. The second kappa shape index (κ2) is 5.64. The molecule has 0 fully saturated rings. The summed E-state index contributed by atoms with van der Waals surface area (Å²) in [7, 11) is -4.02. The van der Waals surface area contributed by atoms with Crippen LogP contribution in [0, 0.1) is 5.82 Å². The molecule has 0 bridgehead atoms. The summed E-state index contributed by atoms with van der Waals surface area (Å²) in [5.41, 5.74) is 5.42. The van der Waals surface area contributed by atoms with Gasteiger partial charge in [-0.05, 0) is 31.2 Å². The average molecular weight is 298 g/mol. The zero-order valence-electron chi connectivity index (χ0n) is 10.8. The minimum atomic E-state index is -4.02. The number of rotatable bonds is 5. The van der Waals surface area contributed by atoms with E-state index in [0.29, 0.717) is 12.2 Å². The Bertz CT molecular complexity index is 663. The van der Waals surface area contributed by atoms with Crippen molar-refractivity contribution in [3.8, 4) is 0 Å². The number of benzene rings is 1. The summed E-state index contributed by atoms with van der Waals surface area (Å²) in [6.45, 7) is 1.66. The smallest absolute Gasteiger partial charge is 0.245 e. The molecule has 0 spiro atoms. The second-order valence-corrected chi connectivity index (χ2v) is 6.11. The largest absolute Gasteiger partial charge is 0.469 e. The Kier molecular flexibility index (Phi) is 4.10. The van der Waals surface area contributed by atoms with Crippen LogP contribution in [0.2, 0.25) is 0 Å². The highest BCUT2D eigenvalue weighted by molar-refractivity contribution is 7.89. The van der Waals surface area contributed by atoms with Crippen LogP contribution in [-0.4, -0.2) is 14.5 Å². The summed E-state index contributed by atoms with van der Waals surface area (Å²) >= 11 is 0. The lowest BCUT2D eigenvalue weighted by Gasteiger charge is -2.14. The molecule has 0 amide bonds. The Morgan fingerprint density at radius 3 is 2.70 bits per heavy atom. The molecule has 1 heterocycles. The van der Waals surface area contributed by atoms with Gasteiger partial charge in [-0.15, -0.1) is 0 Å². The van der Waals surface area contributed by atoms with Crippen molar-refractivity contribution < 1.29 is 17.2 Å². The lowest BCUT2D eigenvalue weighted by molar-refractivity contribution is 0.478. The number of furan rings is 1. The van der Waals surface area contributed by atoms with E-state index >= 15 is 0 Å². The molecule has 1 aromatic heterocycles. The van der Waals surface area contributed by atoms with Crippen molar-refractivity contribution in [1.82, 2.24) is 4.72 Å². The number of nitrogens with two attached hydrogens (primary N) is 1. The van der Waals surface area contributed by atoms with Gasteiger partial charge < -0.3 is 10.2 Å². The summed E-state index contributed by atoms with van der Waals surface area (Å²) in [4.78, 5) is -0.522. The Labute approximate surface area is 116 Å². The molecule has 0 aliphatic carbocycles. The maximum atomic E-state index is 13.7. The van der Waals surface area contributed by atoms with Crippen LogP contribution in [0.3, 0.4) is 0 Å². The minimum absolute atomic E-state index is 0.123. The first-order valence-corrected chi connectivity index (χ1v) is 7.47. The number of hydrogen-bond acceptors (Lipinski definition) is 4. The van der Waals surface area contributed by atoms with Gasteiger partial charge in [0, 0.05) is 12.5 Å². The number of halogens is 1. The predicted octanol–water partition coefficient (Wildman–Crippen LogP) is 1.91. The lowest BCUT2D eigenvalue weighted by atomic mass is 10.2. The molecular formula is C13H15FN2O3S. The van der Waals surface area contributed by atoms with Gasteiger partial charge in [0.25, 0.3) is 0 Å². The van der Waals surface area contributed by atoms with E-state index in [4.69, 9.17) is 10.2 Å². The van der Waals surface area contributed by atoms with Crippen molar-refractivity contribution in [1.29, 1.82) is 0 Å². The van der Waals surface area contributed by atoms with Gasteiger partial charge >= 0.3 is 0 Å². The lowest BCUT2D eigenvalue weighted by Crippen LogP contribution is -2.34. The third kappa shape index (κ3) is 3.17. The van der Waals surface area contributed by atoms with Crippen LogP contribution in [0.1, 0.15) is 12.7 Å². The molecule has 0 saturated carbocycles. The van der Waals surface area contributed by atoms with Crippen LogP contribution < -0.4 is 10.5 Å². The number of nitrogen functional groups attached to an aromatic ring is 1. The zero-order valence-corrected chi connectivity index (χ0v) is 11.7. The van der Waals surface area contributed by atoms with Crippen molar-refractivity contribution in [2.24, 2.45) is 0 Å². The summed E-state index contributed by atoms with van der Waals surface area (Å²) in [5, 5.41) is 0. The van der Waals surface area contributed by atoms with E-state index in [9.17, 15) is 12.8 Å². The number of sulfonamides is 1. The molecule has 5 nitrogen and oxygen atoms in total. The molecule has 2 aromatic rings. The summed E-state index contributed by atoms with van der Waals surface area (Å²) in [5.74, 6) is -0.232. The molecule has 7 heteroatoms. The molecule has 1 aromatic carbocycles. The fourth-order valence-electron chi connectivity index (χ4n) is 1.90. The zero-order chi connectivity index (χ0) is 14.8. The molecule has 0 saturated heterocycles. The van der Waals surface area contributed by atoms with Gasteiger partial charge in [0.1, 0.15) is 16.5 Å². The fraction of sp³-hybridized carbons (Fsp3) is 0.231. The highest BCUT2D eigenvalue weighted by atomic mass is 32.2. The molecule has 1 unspecified atom stereocenters. The van der Waals surface area contributed by atoms with Crippen LogP contribution in [0.5, 0.6) is 0 Å². The molecule has 0 aliphatic heterocycles. The highest BCUT2D eigenvalue weighted by Gasteiger charge is 2.24. The SMILES string of the molecule is CC(Cc1ccco1)NS(=O)(=O)c1c(N)cccc1F. The summed E-state index contributed by atoms with van der Waals surface area (Å²) < 4.78 is 45.5. The van der Waals surface area contributed by atoms with Gasteiger partial charge in [0.05, 0.1) is 12.0 Å². The van der Waals surface area contributed by atoms with E-state index in [1.54, 1.807) is 19.1 Å². The Hall–Kier alpha value is -1.86. The van der Waals surface area contributed by atoms with E-state index in [-0.39, 0.29) is 5.69 Å². The Morgan fingerprint density at radius 1 is 1.35 bits per heavy atom. The number of hydrogen-bond donors (Lipinski definition) is 2. The molecule has 2 rings (SSSR count). The van der Waals surface area contributed by atoms with E-state index in [2.05, 4.69) is 4.72 Å². The van der Waals surface area contributed by atoms with Gasteiger partial charge in [0.15, 0.2) is 0 Å². The molecule has 0 radical (unpaired) electrons. The second-order valence-electron chi connectivity index (χ2n) is 4.46. The van der Waals surface area contributed by atoms with Gasteiger partial charge in [-0.25, -0.2) is 17.5 Å². The standard InChI is InChI=1S/C13H15FN2O3S/c1-9(8-10-4-3-7-19-10)16-20(17,18)13-11(14)5-2-6-12(13)15/h2-7,9,16H,8,15H2,1H3. The third-order valence-electron chi connectivity index (χ3n) is 2.71. The Morgan fingerprint density at radius 2 is 2.10 bits per heavy atom. The third-order valence-corrected chi connectivity index (χ3v) is 4.39. The normalized spacial score (nSPS) is 13.3. The van der Waals surface area contributed by atoms with Crippen molar-refractivity contribution in [3.05, 3.63) is 48.2 Å². The fourth-order valence-corrected chi connectivity index (χ4v) is 3.34. The van der Waals surface area contributed by atoms with Crippen LogP contribution in [0.25, 0.3) is 0 Å². The first-order chi connectivity index (χ1) is 9.40. The van der Waals surface area contributed by atoms with Crippen LogP contribution >= 0.6 is 0 Å². The Balaban J connectivity index is 2.19. The van der Waals surface area contributed by atoms with Gasteiger partial charge in [-0.3, -0.25) is 0 Å². The topological polar surface area (TPSA) is 85.3 Å². The minimum Gasteiger partial charge on any atom is -0.469 e. The van der Waals surface area contributed by atoms with Crippen LogP contribution in [0.15, 0.2) is 45.9 Å². The van der Waals surface area contributed by atoms with Crippen LogP contribution in [0.4, 0.5) is 10.1 Å². The average Bonchev–Trinajstić information content (AvgIpc) is 2.79. The monoisotopic (exact) mass is 298 g/mol. The van der Waals surface area contributed by atoms with Crippen molar-refractivity contribution in [2.75, 3.05) is 5.73 Å². The van der Waals surface area contributed by atoms with E-state index < -0.39 is 26.8 Å². The van der Waals surface area contributed by atoms with E-state index in [1.807, 2.05) is 0 Å². The number of nitrogens with one attached hydrogen (secondary N) is 1.